The number of hydrogen-bond acceptors (Lipinski definition) is 5. The predicted molar refractivity (Wildman–Crippen MR) is 94.7 cm³/mol. The zero-order valence-corrected chi connectivity index (χ0v) is 14.4. The number of amides is 1. The van der Waals surface area contributed by atoms with Crippen molar-refractivity contribution in [3.63, 3.8) is 0 Å². The van der Waals surface area contributed by atoms with Gasteiger partial charge in [0.25, 0.3) is 0 Å². The molecule has 0 aliphatic rings. The van der Waals surface area contributed by atoms with E-state index in [1.807, 2.05) is 0 Å². The van der Waals surface area contributed by atoms with E-state index >= 15 is 0 Å². The Hall–Kier alpha value is -2.60. The number of methoxy groups -OCH3 is 3. The Kier molecular flexibility index (Phi) is 6.14. The summed E-state index contributed by atoms with van der Waals surface area (Å²) < 4.78 is 15.8. The van der Waals surface area contributed by atoms with E-state index in [1.54, 1.807) is 36.4 Å². The van der Waals surface area contributed by atoms with Gasteiger partial charge in [0.05, 0.1) is 27.9 Å². The maximum atomic E-state index is 12.0. The fourth-order valence-electron chi connectivity index (χ4n) is 2.10. The normalized spacial score (nSPS) is 10.0. The largest absolute Gasteiger partial charge is 0.493 e. The maximum absolute atomic E-state index is 12.0. The summed E-state index contributed by atoms with van der Waals surface area (Å²) in [6.07, 6.45) is 0. The Morgan fingerprint density at radius 1 is 0.958 bits per heavy atom. The standard InChI is InChI=1S/C17H19ClN2O4/c1-22-14-8-13(9-15(23-2)17(14)24-3)19-10-16(21)20-12-6-4-11(18)5-7-12/h4-9,19H,10H2,1-3H3,(H,20,21). The molecule has 0 saturated heterocycles. The van der Waals surface area contributed by atoms with Crippen molar-refractivity contribution in [2.45, 2.75) is 0 Å². The first-order valence-corrected chi connectivity index (χ1v) is 7.54. The van der Waals surface area contributed by atoms with Gasteiger partial charge in [-0.25, -0.2) is 0 Å². The van der Waals surface area contributed by atoms with Crippen LogP contribution in [0.3, 0.4) is 0 Å². The van der Waals surface area contributed by atoms with Gasteiger partial charge in [-0.05, 0) is 24.3 Å². The van der Waals surface area contributed by atoms with Crippen molar-refractivity contribution in [3.05, 3.63) is 41.4 Å². The van der Waals surface area contributed by atoms with Gasteiger partial charge in [0.15, 0.2) is 11.5 Å². The van der Waals surface area contributed by atoms with Gasteiger partial charge in [0.2, 0.25) is 11.7 Å². The summed E-state index contributed by atoms with van der Waals surface area (Å²) >= 11 is 5.81. The second-order valence-electron chi connectivity index (χ2n) is 4.82. The van der Waals surface area contributed by atoms with Crippen LogP contribution in [0.2, 0.25) is 5.02 Å². The molecule has 0 bridgehead atoms. The molecule has 128 valence electrons. The summed E-state index contributed by atoms with van der Waals surface area (Å²) in [5, 5.41) is 6.41. The Balaban J connectivity index is 2.03. The molecule has 0 atom stereocenters. The monoisotopic (exact) mass is 350 g/mol. The number of halogens is 1. The minimum atomic E-state index is -0.189. The maximum Gasteiger partial charge on any atom is 0.243 e. The molecule has 0 spiro atoms. The molecule has 0 aromatic heterocycles. The smallest absolute Gasteiger partial charge is 0.243 e. The fraction of sp³-hybridized carbons (Fsp3) is 0.235. The van der Waals surface area contributed by atoms with Crippen molar-refractivity contribution in [1.82, 2.24) is 0 Å². The number of nitrogens with one attached hydrogen (secondary N) is 2. The molecule has 2 N–H and O–H groups in total. The number of benzene rings is 2. The number of hydrogen-bond donors (Lipinski definition) is 2. The number of rotatable bonds is 7. The van der Waals surface area contributed by atoms with Crippen LogP contribution in [0.1, 0.15) is 0 Å². The molecule has 0 aliphatic heterocycles. The average molecular weight is 351 g/mol. The van der Waals surface area contributed by atoms with Crippen LogP contribution in [0.4, 0.5) is 11.4 Å². The van der Waals surface area contributed by atoms with Gasteiger partial charge >= 0.3 is 0 Å². The van der Waals surface area contributed by atoms with Crippen LogP contribution in [0.25, 0.3) is 0 Å². The quantitative estimate of drug-likeness (QED) is 0.800. The lowest BCUT2D eigenvalue weighted by molar-refractivity contribution is -0.114. The molecule has 6 nitrogen and oxygen atoms in total. The second-order valence-corrected chi connectivity index (χ2v) is 5.26. The van der Waals surface area contributed by atoms with Crippen molar-refractivity contribution in [2.75, 3.05) is 38.5 Å². The van der Waals surface area contributed by atoms with Crippen molar-refractivity contribution in [2.24, 2.45) is 0 Å². The summed E-state index contributed by atoms with van der Waals surface area (Å²) in [5.41, 5.74) is 1.35. The lowest BCUT2D eigenvalue weighted by Gasteiger charge is -2.15. The van der Waals surface area contributed by atoms with Crippen LogP contribution < -0.4 is 24.8 Å². The average Bonchev–Trinajstić information content (AvgIpc) is 2.60. The van der Waals surface area contributed by atoms with Crippen LogP contribution in [-0.4, -0.2) is 33.8 Å². The highest BCUT2D eigenvalue weighted by atomic mass is 35.5. The van der Waals surface area contributed by atoms with Crippen molar-refractivity contribution in [3.8, 4) is 17.2 Å². The first kappa shape index (κ1) is 17.7. The third-order valence-electron chi connectivity index (χ3n) is 3.25. The highest BCUT2D eigenvalue weighted by Crippen LogP contribution is 2.39. The molecule has 0 heterocycles. The lowest BCUT2D eigenvalue weighted by atomic mass is 10.2. The SMILES string of the molecule is COc1cc(NCC(=O)Nc2ccc(Cl)cc2)cc(OC)c1OC. The summed E-state index contributed by atoms with van der Waals surface area (Å²) in [6, 6.07) is 10.4. The first-order valence-electron chi connectivity index (χ1n) is 7.16. The molecule has 0 aliphatic carbocycles. The second kappa shape index (κ2) is 8.31. The van der Waals surface area contributed by atoms with Crippen molar-refractivity contribution >= 4 is 28.9 Å². The fourth-order valence-corrected chi connectivity index (χ4v) is 2.23. The minimum absolute atomic E-state index is 0.0846. The van der Waals surface area contributed by atoms with E-state index in [1.165, 1.54) is 21.3 Å². The molecule has 2 rings (SSSR count). The van der Waals surface area contributed by atoms with Gasteiger partial charge in [-0.1, -0.05) is 11.6 Å². The predicted octanol–water partition coefficient (Wildman–Crippen LogP) is 3.42. The topological polar surface area (TPSA) is 68.8 Å². The number of carbonyl (C=O) groups is 1. The van der Waals surface area contributed by atoms with Gasteiger partial charge in [0.1, 0.15) is 0 Å². The summed E-state index contributed by atoms with van der Waals surface area (Å²) in [6.45, 7) is 0.0846. The molecule has 1 amide bonds. The van der Waals surface area contributed by atoms with E-state index in [0.717, 1.165) is 0 Å². The molecule has 0 fully saturated rings. The molecule has 7 heteroatoms. The van der Waals surface area contributed by atoms with Crippen LogP contribution in [0, 0.1) is 0 Å². The highest BCUT2D eigenvalue weighted by Gasteiger charge is 2.13. The number of ether oxygens (including phenoxy) is 3. The summed E-state index contributed by atoms with van der Waals surface area (Å²) in [7, 11) is 4.61. The minimum Gasteiger partial charge on any atom is -0.493 e. The Morgan fingerprint density at radius 3 is 2.04 bits per heavy atom. The molecule has 2 aromatic carbocycles. The van der Waals surface area contributed by atoms with Crippen LogP contribution in [0.5, 0.6) is 17.2 Å². The van der Waals surface area contributed by atoms with E-state index in [0.29, 0.717) is 33.6 Å². The Bertz CT molecular complexity index is 679. The van der Waals surface area contributed by atoms with Gasteiger partial charge in [-0.3, -0.25) is 4.79 Å². The number of carbonyl (C=O) groups excluding carboxylic acids is 1. The van der Waals surface area contributed by atoms with E-state index < -0.39 is 0 Å². The summed E-state index contributed by atoms with van der Waals surface area (Å²) in [5.74, 6) is 1.33. The van der Waals surface area contributed by atoms with E-state index in [9.17, 15) is 4.79 Å². The zero-order chi connectivity index (χ0) is 17.5. The Labute approximate surface area is 145 Å². The Morgan fingerprint density at radius 2 is 1.54 bits per heavy atom. The molecular weight excluding hydrogens is 332 g/mol. The highest BCUT2D eigenvalue weighted by molar-refractivity contribution is 6.30. The number of anilines is 2. The molecule has 2 aromatic rings. The first-order chi connectivity index (χ1) is 11.6. The third kappa shape index (κ3) is 4.45. The molecule has 0 saturated carbocycles. The van der Waals surface area contributed by atoms with Crippen LogP contribution in [0.15, 0.2) is 36.4 Å². The molecule has 24 heavy (non-hydrogen) atoms. The van der Waals surface area contributed by atoms with Crippen LogP contribution >= 0.6 is 11.6 Å². The molecular formula is C17H19ClN2O4. The van der Waals surface area contributed by atoms with E-state index in [-0.39, 0.29) is 12.5 Å². The zero-order valence-electron chi connectivity index (χ0n) is 13.7. The van der Waals surface area contributed by atoms with Crippen molar-refractivity contribution in [1.29, 1.82) is 0 Å². The van der Waals surface area contributed by atoms with Crippen LogP contribution in [-0.2, 0) is 4.79 Å². The molecule has 0 radical (unpaired) electrons. The van der Waals surface area contributed by atoms with Gasteiger partial charge in [-0.2, -0.15) is 0 Å². The van der Waals surface area contributed by atoms with Crippen molar-refractivity contribution < 1.29 is 19.0 Å². The molecule has 0 unspecified atom stereocenters. The van der Waals surface area contributed by atoms with Gasteiger partial charge in [0, 0.05) is 28.5 Å². The summed E-state index contributed by atoms with van der Waals surface area (Å²) in [4.78, 5) is 12.0. The van der Waals surface area contributed by atoms with Gasteiger partial charge < -0.3 is 24.8 Å². The van der Waals surface area contributed by atoms with Gasteiger partial charge in [-0.15, -0.1) is 0 Å². The lowest BCUT2D eigenvalue weighted by Crippen LogP contribution is -2.21. The third-order valence-corrected chi connectivity index (χ3v) is 3.50. The van der Waals surface area contributed by atoms with E-state index in [4.69, 9.17) is 25.8 Å². The van der Waals surface area contributed by atoms with E-state index in [2.05, 4.69) is 10.6 Å².